The third kappa shape index (κ3) is 3.83. The molecule has 10 heteroatoms. The zero-order valence-electron chi connectivity index (χ0n) is 17.0. The third-order valence-electron chi connectivity index (χ3n) is 5.62. The average Bonchev–Trinajstić information content (AvgIpc) is 3.43. The fourth-order valence-electron chi connectivity index (χ4n) is 4.14. The molecule has 1 N–H and O–H groups in total. The van der Waals surface area contributed by atoms with Gasteiger partial charge in [-0.1, -0.05) is 6.07 Å². The Kier molecular flexibility index (Phi) is 5.12. The largest absolute Gasteiger partial charge is 0.486 e. The number of ether oxygens (including phenoxy) is 2. The predicted octanol–water partition coefficient (Wildman–Crippen LogP) is 3.30. The Bertz CT molecular complexity index is 1090. The number of hydrogen-bond acceptors (Lipinski definition) is 5. The van der Waals surface area contributed by atoms with E-state index >= 15 is 0 Å². The number of hydrazone groups is 1. The first kappa shape index (κ1) is 20.2. The number of rotatable bonds is 3. The topological polar surface area (TPSA) is 83.5 Å². The first-order valence-corrected chi connectivity index (χ1v) is 10.3. The summed E-state index contributed by atoms with van der Waals surface area (Å²) >= 11 is 0. The molecule has 0 aliphatic carbocycles. The second kappa shape index (κ2) is 8.10. The molecule has 0 saturated carbocycles. The molecule has 3 aliphatic heterocycles. The van der Waals surface area contributed by atoms with Crippen molar-refractivity contribution >= 4 is 23.8 Å². The summed E-state index contributed by atoms with van der Waals surface area (Å²) in [6.45, 7) is 0.708. The van der Waals surface area contributed by atoms with Crippen molar-refractivity contribution in [3.8, 4) is 11.5 Å². The highest BCUT2D eigenvalue weighted by atomic mass is 19.1. The van der Waals surface area contributed by atoms with Crippen LogP contribution in [0.1, 0.15) is 24.4 Å². The second-order valence-electron chi connectivity index (χ2n) is 7.82. The molecule has 5 rings (SSSR count). The minimum atomic E-state index is -0.698. The minimum Gasteiger partial charge on any atom is -0.486 e. The summed E-state index contributed by atoms with van der Waals surface area (Å²) in [4.78, 5) is 26.4. The monoisotopic (exact) mass is 442 g/mol. The lowest BCUT2D eigenvalue weighted by Gasteiger charge is -2.27. The highest BCUT2D eigenvalue weighted by molar-refractivity contribution is 5.97. The average molecular weight is 442 g/mol. The van der Waals surface area contributed by atoms with E-state index in [1.54, 1.807) is 29.3 Å². The van der Waals surface area contributed by atoms with Crippen molar-refractivity contribution in [2.45, 2.75) is 25.0 Å². The van der Waals surface area contributed by atoms with E-state index in [-0.39, 0.29) is 24.6 Å². The van der Waals surface area contributed by atoms with Gasteiger partial charge in [0.15, 0.2) is 6.61 Å². The number of para-hydroxylation sites is 1. The molecule has 166 valence electrons. The van der Waals surface area contributed by atoms with Crippen molar-refractivity contribution in [1.29, 1.82) is 0 Å². The summed E-state index contributed by atoms with van der Waals surface area (Å²) in [6, 6.07) is 7.55. The summed E-state index contributed by atoms with van der Waals surface area (Å²) in [5.41, 5.74) is 0.831. The van der Waals surface area contributed by atoms with Crippen LogP contribution in [0.2, 0.25) is 0 Å². The quantitative estimate of drug-likeness (QED) is 0.791. The molecule has 0 aromatic heterocycles. The molecule has 2 atom stereocenters. The SMILES string of the molecule is O=C1COc2cccc(OC3CCN(C(=O)N4N=CCC4c4cc(F)cc(F)c4)C3)c2N1. The molecule has 0 bridgehead atoms. The third-order valence-corrected chi connectivity index (χ3v) is 5.62. The Morgan fingerprint density at radius 2 is 2.03 bits per heavy atom. The molecule has 1 saturated heterocycles. The predicted molar refractivity (Wildman–Crippen MR) is 111 cm³/mol. The van der Waals surface area contributed by atoms with Gasteiger partial charge in [0.05, 0.1) is 12.6 Å². The van der Waals surface area contributed by atoms with Gasteiger partial charge in [-0.15, -0.1) is 0 Å². The fraction of sp³-hybridized carbons (Fsp3) is 0.318. The van der Waals surface area contributed by atoms with Gasteiger partial charge in [0, 0.05) is 31.7 Å². The molecule has 3 amide bonds. The molecule has 2 aromatic rings. The van der Waals surface area contributed by atoms with Crippen LogP contribution < -0.4 is 14.8 Å². The zero-order chi connectivity index (χ0) is 22.2. The normalized spacial score (nSPS) is 21.9. The molecule has 3 aliphatic rings. The molecule has 0 radical (unpaired) electrons. The fourth-order valence-corrected chi connectivity index (χ4v) is 4.14. The number of anilines is 1. The van der Waals surface area contributed by atoms with Crippen LogP contribution in [0.4, 0.5) is 19.3 Å². The molecule has 2 unspecified atom stereocenters. The van der Waals surface area contributed by atoms with Gasteiger partial charge in [-0.05, 0) is 29.8 Å². The molecular weight excluding hydrogens is 422 g/mol. The number of carbonyl (C=O) groups is 2. The van der Waals surface area contributed by atoms with Gasteiger partial charge in [0.2, 0.25) is 0 Å². The lowest BCUT2D eigenvalue weighted by Crippen LogP contribution is -2.40. The van der Waals surface area contributed by atoms with Crippen LogP contribution in [0.15, 0.2) is 41.5 Å². The Balaban J connectivity index is 1.27. The van der Waals surface area contributed by atoms with Crippen molar-refractivity contribution in [1.82, 2.24) is 9.91 Å². The standard InChI is InChI=1S/C22H20F2N4O4/c23-14-8-13(9-15(24)10-14)17-4-6-25-28(17)22(30)27-7-5-16(11-27)32-19-3-1-2-18-21(19)26-20(29)12-31-18/h1-3,6,8-10,16-17H,4-5,7,11-12H2,(H,26,29). The van der Waals surface area contributed by atoms with Crippen LogP contribution in [0.3, 0.4) is 0 Å². The number of benzene rings is 2. The number of likely N-dealkylation sites (tertiary alicyclic amines) is 1. The van der Waals surface area contributed by atoms with E-state index in [9.17, 15) is 18.4 Å². The van der Waals surface area contributed by atoms with Gasteiger partial charge in [-0.2, -0.15) is 5.10 Å². The number of fused-ring (bicyclic) bond motifs is 1. The maximum Gasteiger partial charge on any atom is 0.341 e. The number of nitrogens with one attached hydrogen (secondary N) is 1. The maximum atomic E-state index is 13.7. The van der Waals surface area contributed by atoms with E-state index in [0.29, 0.717) is 48.7 Å². The molecule has 8 nitrogen and oxygen atoms in total. The van der Waals surface area contributed by atoms with Gasteiger partial charge >= 0.3 is 6.03 Å². The van der Waals surface area contributed by atoms with Crippen molar-refractivity contribution in [3.63, 3.8) is 0 Å². The van der Waals surface area contributed by atoms with E-state index < -0.39 is 17.7 Å². The highest BCUT2D eigenvalue weighted by Gasteiger charge is 2.36. The lowest BCUT2D eigenvalue weighted by molar-refractivity contribution is -0.118. The molecule has 1 fully saturated rings. The van der Waals surface area contributed by atoms with Crippen LogP contribution >= 0.6 is 0 Å². The van der Waals surface area contributed by atoms with Gasteiger partial charge < -0.3 is 19.7 Å². The van der Waals surface area contributed by atoms with Gasteiger partial charge in [-0.3, -0.25) is 4.79 Å². The number of urea groups is 1. The van der Waals surface area contributed by atoms with E-state index in [1.165, 1.54) is 17.1 Å². The van der Waals surface area contributed by atoms with Crippen molar-refractivity contribution in [3.05, 3.63) is 53.6 Å². The van der Waals surface area contributed by atoms with Crippen molar-refractivity contribution in [2.75, 3.05) is 25.0 Å². The van der Waals surface area contributed by atoms with Gasteiger partial charge in [-0.25, -0.2) is 18.6 Å². The first-order chi connectivity index (χ1) is 15.5. The first-order valence-electron chi connectivity index (χ1n) is 10.3. The summed E-state index contributed by atoms with van der Waals surface area (Å²) in [6.07, 6.45) is 2.23. The van der Waals surface area contributed by atoms with Crippen LogP contribution in [-0.2, 0) is 4.79 Å². The Morgan fingerprint density at radius 1 is 1.22 bits per heavy atom. The smallest absolute Gasteiger partial charge is 0.341 e. The number of nitrogens with zero attached hydrogens (tertiary/aromatic N) is 3. The van der Waals surface area contributed by atoms with Crippen LogP contribution in [0.5, 0.6) is 11.5 Å². The Labute approximate surface area is 182 Å². The summed E-state index contributed by atoms with van der Waals surface area (Å²) in [5.74, 6) is -0.650. The molecule has 2 aromatic carbocycles. The molecule has 32 heavy (non-hydrogen) atoms. The Morgan fingerprint density at radius 3 is 2.84 bits per heavy atom. The highest BCUT2D eigenvalue weighted by Crippen LogP contribution is 2.38. The van der Waals surface area contributed by atoms with E-state index in [4.69, 9.17) is 9.47 Å². The van der Waals surface area contributed by atoms with Crippen LogP contribution in [-0.4, -0.2) is 53.9 Å². The summed E-state index contributed by atoms with van der Waals surface area (Å²) < 4.78 is 38.8. The van der Waals surface area contributed by atoms with E-state index in [1.807, 2.05) is 0 Å². The van der Waals surface area contributed by atoms with Crippen LogP contribution in [0.25, 0.3) is 0 Å². The summed E-state index contributed by atoms with van der Waals surface area (Å²) in [5, 5.41) is 8.15. The Hall–Kier alpha value is -3.69. The number of amides is 3. The molecular formula is C22H20F2N4O4. The zero-order valence-corrected chi connectivity index (χ0v) is 17.0. The van der Waals surface area contributed by atoms with Crippen molar-refractivity contribution < 1.29 is 27.8 Å². The number of carbonyl (C=O) groups excluding carboxylic acids is 2. The molecule has 3 heterocycles. The lowest BCUT2D eigenvalue weighted by atomic mass is 10.0. The minimum absolute atomic E-state index is 0.0467. The molecule has 0 spiro atoms. The maximum absolute atomic E-state index is 13.7. The summed E-state index contributed by atoms with van der Waals surface area (Å²) in [7, 11) is 0. The number of hydrogen-bond donors (Lipinski definition) is 1. The van der Waals surface area contributed by atoms with Crippen molar-refractivity contribution in [2.24, 2.45) is 5.10 Å². The van der Waals surface area contributed by atoms with E-state index in [0.717, 1.165) is 6.07 Å². The van der Waals surface area contributed by atoms with Gasteiger partial charge in [0.25, 0.3) is 5.91 Å². The van der Waals surface area contributed by atoms with Crippen LogP contribution in [0, 0.1) is 11.6 Å². The number of halogens is 2. The second-order valence-corrected chi connectivity index (χ2v) is 7.82. The van der Waals surface area contributed by atoms with Gasteiger partial charge in [0.1, 0.15) is 34.9 Å². The van der Waals surface area contributed by atoms with E-state index in [2.05, 4.69) is 10.4 Å².